The Morgan fingerprint density at radius 3 is 2.52 bits per heavy atom. The number of hydrogen-bond acceptors (Lipinski definition) is 10. The second-order valence-corrected chi connectivity index (χ2v) is 11.0. The molecule has 1 atom stereocenters. The van der Waals surface area contributed by atoms with Crippen LogP contribution in [-0.4, -0.2) is 60.5 Å². The monoisotopic (exact) mass is 598 g/mol. The Kier molecular flexibility index (Phi) is 9.70. The molecule has 0 radical (unpaired) electrons. The smallest absolute Gasteiger partial charge is 0.262 e. The molecule has 0 saturated carbocycles. The van der Waals surface area contributed by atoms with E-state index in [0.29, 0.717) is 78.0 Å². The predicted octanol–water partition coefficient (Wildman–Crippen LogP) is 2.97. The summed E-state index contributed by atoms with van der Waals surface area (Å²) in [6.07, 6.45) is 1.85. The van der Waals surface area contributed by atoms with Gasteiger partial charge in [0.25, 0.3) is 5.56 Å². The Labute approximate surface area is 247 Å². The molecule has 2 N–H and O–H groups in total. The number of nitrogens with one attached hydrogen (secondary N) is 2. The lowest BCUT2D eigenvalue weighted by Gasteiger charge is -2.18. The van der Waals surface area contributed by atoms with Gasteiger partial charge in [-0.2, -0.15) is 0 Å². The fourth-order valence-corrected chi connectivity index (χ4v) is 5.67. The number of rotatable bonds is 14. The van der Waals surface area contributed by atoms with Crippen LogP contribution in [0.5, 0.6) is 23.0 Å². The lowest BCUT2D eigenvalue weighted by molar-refractivity contribution is -0.121. The maximum atomic E-state index is 13.7. The van der Waals surface area contributed by atoms with Crippen LogP contribution in [0.25, 0.3) is 10.9 Å². The van der Waals surface area contributed by atoms with Crippen molar-refractivity contribution in [3.05, 3.63) is 46.2 Å². The van der Waals surface area contributed by atoms with Gasteiger partial charge in [-0.3, -0.25) is 19.0 Å². The van der Waals surface area contributed by atoms with Gasteiger partial charge < -0.3 is 34.3 Å². The van der Waals surface area contributed by atoms with Crippen LogP contribution >= 0.6 is 11.8 Å². The summed E-state index contributed by atoms with van der Waals surface area (Å²) in [5, 5.41) is 6.18. The number of carbonyl (C=O) groups excluding carboxylic acids is 2. The van der Waals surface area contributed by atoms with E-state index >= 15 is 0 Å². The highest BCUT2D eigenvalue weighted by Crippen LogP contribution is 2.36. The highest BCUT2D eigenvalue weighted by atomic mass is 32.2. The van der Waals surface area contributed by atoms with E-state index in [0.717, 1.165) is 5.56 Å². The summed E-state index contributed by atoms with van der Waals surface area (Å²) in [5.74, 6) is 2.07. The molecule has 0 bridgehead atoms. The number of hydrogen-bond donors (Lipinski definition) is 2. The zero-order valence-electron chi connectivity index (χ0n) is 23.6. The minimum atomic E-state index is -0.456. The molecule has 3 heterocycles. The number of ether oxygens (including phenoxy) is 5. The van der Waals surface area contributed by atoms with Crippen molar-refractivity contribution in [1.29, 1.82) is 0 Å². The molecule has 3 aromatic rings. The summed E-state index contributed by atoms with van der Waals surface area (Å²) < 4.78 is 28.3. The van der Waals surface area contributed by atoms with Crippen LogP contribution < -0.4 is 35.1 Å². The molecule has 2 aliphatic rings. The van der Waals surface area contributed by atoms with Gasteiger partial charge in [-0.25, -0.2) is 4.98 Å². The van der Waals surface area contributed by atoms with E-state index in [2.05, 4.69) is 10.6 Å². The first-order chi connectivity index (χ1) is 20.5. The predicted molar refractivity (Wildman–Crippen MR) is 155 cm³/mol. The van der Waals surface area contributed by atoms with Gasteiger partial charge >= 0.3 is 0 Å². The third-order valence-corrected chi connectivity index (χ3v) is 8.22. The second-order valence-electron chi connectivity index (χ2n) is 9.79. The summed E-state index contributed by atoms with van der Waals surface area (Å²) in [6.45, 7) is 3.82. The van der Waals surface area contributed by atoms with Crippen molar-refractivity contribution in [2.45, 2.75) is 56.1 Å². The molecule has 12 nitrogen and oxygen atoms in total. The van der Waals surface area contributed by atoms with Crippen LogP contribution in [-0.2, 0) is 27.4 Å². The highest BCUT2D eigenvalue weighted by Gasteiger charge is 2.24. The van der Waals surface area contributed by atoms with Crippen LogP contribution in [0.1, 0.15) is 38.2 Å². The third-order valence-electron chi connectivity index (χ3n) is 6.86. The molecule has 1 unspecified atom stereocenters. The Balaban J connectivity index is 1.28. The van der Waals surface area contributed by atoms with E-state index in [1.165, 1.54) is 11.8 Å². The molecule has 13 heteroatoms. The van der Waals surface area contributed by atoms with Gasteiger partial charge in [0.2, 0.25) is 25.4 Å². The topological polar surface area (TPSA) is 139 Å². The molecule has 2 aliphatic heterocycles. The van der Waals surface area contributed by atoms with Gasteiger partial charge in [-0.05, 0) is 43.0 Å². The van der Waals surface area contributed by atoms with Gasteiger partial charge in [0.1, 0.15) is 0 Å². The first kappa shape index (κ1) is 29.5. The third kappa shape index (κ3) is 6.90. The Morgan fingerprint density at radius 1 is 1.02 bits per heavy atom. The summed E-state index contributed by atoms with van der Waals surface area (Å²) in [6, 6.07) is 8.85. The Morgan fingerprint density at radius 2 is 1.76 bits per heavy atom. The largest absolute Gasteiger partial charge is 0.454 e. The number of thioether (sulfide) groups is 1. The minimum Gasteiger partial charge on any atom is -0.454 e. The first-order valence-corrected chi connectivity index (χ1v) is 14.8. The van der Waals surface area contributed by atoms with Crippen LogP contribution in [0.4, 0.5) is 0 Å². The lowest BCUT2D eigenvalue weighted by Crippen LogP contribution is -2.34. The van der Waals surface area contributed by atoms with Gasteiger partial charge in [-0.15, -0.1) is 0 Å². The number of carbonyl (C=O) groups is 2. The van der Waals surface area contributed by atoms with E-state index in [-0.39, 0.29) is 43.9 Å². The van der Waals surface area contributed by atoms with Crippen molar-refractivity contribution in [1.82, 2.24) is 20.2 Å². The number of benzene rings is 2. The highest BCUT2D eigenvalue weighted by molar-refractivity contribution is 8.00. The zero-order valence-corrected chi connectivity index (χ0v) is 24.4. The van der Waals surface area contributed by atoms with Crippen molar-refractivity contribution in [3.63, 3.8) is 0 Å². The average Bonchev–Trinajstić information content (AvgIpc) is 3.66. The molecule has 42 heavy (non-hydrogen) atoms. The lowest BCUT2D eigenvalue weighted by atomic mass is 10.2. The number of aromatic nitrogens is 2. The summed E-state index contributed by atoms with van der Waals surface area (Å²) in [5.41, 5.74) is 1.09. The average molecular weight is 599 g/mol. The zero-order chi connectivity index (χ0) is 29.5. The molecule has 0 fully saturated rings. The molecular weight excluding hydrogens is 564 g/mol. The van der Waals surface area contributed by atoms with Gasteiger partial charge in [0.15, 0.2) is 28.2 Å². The van der Waals surface area contributed by atoms with Crippen molar-refractivity contribution >= 4 is 34.5 Å². The van der Waals surface area contributed by atoms with Crippen LogP contribution in [0.15, 0.2) is 40.3 Å². The summed E-state index contributed by atoms with van der Waals surface area (Å²) in [4.78, 5) is 44.0. The van der Waals surface area contributed by atoms with Crippen LogP contribution in [0.2, 0.25) is 0 Å². The Hall–Kier alpha value is -3.97. The molecule has 0 aliphatic carbocycles. The van der Waals surface area contributed by atoms with Crippen LogP contribution in [0.3, 0.4) is 0 Å². The number of nitrogens with zero attached hydrogens (tertiary/aromatic N) is 2. The molecule has 224 valence electrons. The number of methoxy groups -OCH3 is 1. The van der Waals surface area contributed by atoms with Gasteiger partial charge in [-0.1, -0.05) is 24.8 Å². The molecule has 1 aromatic heterocycles. The van der Waals surface area contributed by atoms with E-state index in [1.54, 1.807) is 23.8 Å². The minimum absolute atomic E-state index is 0.0734. The molecule has 5 rings (SSSR count). The first-order valence-electron chi connectivity index (χ1n) is 13.9. The normalized spacial score (nSPS) is 13.8. The molecular formula is C29H34N4O8S. The Bertz CT molecular complexity index is 1510. The summed E-state index contributed by atoms with van der Waals surface area (Å²) >= 11 is 1.24. The second kappa shape index (κ2) is 13.8. The van der Waals surface area contributed by atoms with Gasteiger partial charge in [0.05, 0.1) is 16.2 Å². The maximum absolute atomic E-state index is 13.7. The summed E-state index contributed by atoms with van der Waals surface area (Å²) in [7, 11) is 1.62. The van der Waals surface area contributed by atoms with Crippen molar-refractivity contribution in [2.24, 2.45) is 0 Å². The fourth-order valence-electron chi connectivity index (χ4n) is 4.61. The molecule has 0 saturated heterocycles. The van der Waals surface area contributed by atoms with E-state index in [9.17, 15) is 14.4 Å². The maximum Gasteiger partial charge on any atom is 0.262 e. The van der Waals surface area contributed by atoms with E-state index < -0.39 is 5.25 Å². The standard InChI is InChI=1S/C29H34N4O8S/c1-3-25(27(35)30-9-5-11-37-2)42-29-32-20-14-24-23(40-17-41-24)13-19(20)28(36)33(29)10-4-6-26(34)31-15-18-7-8-21-22(12-18)39-16-38-21/h7-8,12-14,25H,3-6,9-11,15-17H2,1-2H3,(H,30,35)(H,31,34). The molecule has 2 amide bonds. The quantitative estimate of drug-likeness (QED) is 0.162. The SMILES string of the molecule is CCC(Sc1nc2cc3c(cc2c(=O)n1CCCC(=O)NCc1ccc2c(c1)OCO2)OCO3)C(=O)NCCCOC. The van der Waals surface area contributed by atoms with Crippen molar-refractivity contribution in [2.75, 3.05) is 33.8 Å². The fraction of sp³-hybridized carbons (Fsp3) is 0.448. The van der Waals surface area contributed by atoms with Crippen LogP contribution in [0, 0.1) is 0 Å². The molecule has 0 spiro atoms. The van der Waals surface area contributed by atoms with Crippen molar-refractivity contribution < 1.29 is 33.3 Å². The molecule has 2 aromatic carbocycles. The van der Waals surface area contributed by atoms with Gasteiger partial charge in [0, 0.05) is 45.8 Å². The number of fused-ring (bicyclic) bond motifs is 3. The van der Waals surface area contributed by atoms with E-state index in [1.807, 2.05) is 25.1 Å². The van der Waals surface area contributed by atoms with Crippen molar-refractivity contribution in [3.8, 4) is 23.0 Å². The van der Waals surface area contributed by atoms with E-state index in [4.69, 9.17) is 28.7 Å². The number of amides is 2.